The normalized spacial score (nSPS) is 16.4. The Hall–Kier alpha value is -1.06. The number of likely N-dealkylation sites (N-methyl/N-ethyl adjacent to an activating group) is 1. The van der Waals surface area contributed by atoms with Crippen LogP contribution in [0.3, 0.4) is 0 Å². The lowest BCUT2D eigenvalue weighted by atomic mass is 10.2. The summed E-state index contributed by atoms with van der Waals surface area (Å²) in [7, 11) is 2.25. The molecule has 1 aromatic carbocycles. The zero-order chi connectivity index (χ0) is 14.8. The first-order chi connectivity index (χ1) is 10.2. The van der Waals surface area contributed by atoms with Crippen LogP contribution in [0.2, 0.25) is 0 Å². The highest BCUT2D eigenvalue weighted by Crippen LogP contribution is 2.23. The van der Waals surface area contributed by atoms with E-state index in [0.29, 0.717) is 5.88 Å². The van der Waals surface area contributed by atoms with Gasteiger partial charge >= 0.3 is 0 Å². The van der Waals surface area contributed by atoms with E-state index in [4.69, 9.17) is 11.6 Å². The number of aryl methyl sites for hydroxylation is 1. The van der Waals surface area contributed by atoms with E-state index in [0.717, 1.165) is 30.5 Å². The number of halogens is 1. The van der Waals surface area contributed by atoms with E-state index < -0.39 is 0 Å². The lowest BCUT2D eigenvalue weighted by Gasteiger charge is -2.24. The van der Waals surface area contributed by atoms with Crippen LogP contribution in [0.1, 0.15) is 37.1 Å². The molecular weight excluding hydrogens is 282 g/mol. The zero-order valence-corrected chi connectivity index (χ0v) is 13.7. The molecule has 4 heteroatoms. The Morgan fingerprint density at radius 1 is 1.33 bits per heavy atom. The molecule has 0 aliphatic heterocycles. The molecule has 0 atom stereocenters. The Bertz CT molecular complexity index is 614. The molecule has 0 radical (unpaired) electrons. The third kappa shape index (κ3) is 3.09. The van der Waals surface area contributed by atoms with Gasteiger partial charge in [0.05, 0.1) is 16.9 Å². The number of aromatic nitrogens is 2. The predicted octanol–water partition coefficient (Wildman–Crippen LogP) is 3.96. The first kappa shape index (κ1) is 14.9. The summed E-state index contributed by atoms with van der Waals surface area (Å²) in [6, 6.07) is 7.23. The SMILES string of the molecule is Cc1ccc2c(c1)nc(CCl)n2CCN(C)C1CCCC1. The van der Waals surface area contributed by atoms with E-state index in [1.165, 1.54) is 36.8 Å². The molecule has 1 aliphatic rings. The lowest BCUT2D eigenvalue weighted by molar-refractivity contribution is 0.236. The third-order valence-electron chi connectivity index (χ3n) is 4.73. The van der Waals surface area contributed by atoms with Gasteiger partial charge in [-0.1, -0.05) is 18.9 Å². The van der Waals surface area contributed by atoms with E-state index in [1.54, 1.807) is 0 Å². The molecule has 0 spiro atoms. The highest BCUT2D eigenvalue weighted by atomic mass is 35.5. The van der Waals surface area contributed by atoms with E-state index in [-0.39, 0.29) is 0 Å². The van der Waals surface area contributed by atoms with Crippen LogP contribution in [0.4, 0.5) is 0 Å². The van der Waals surface area contributed by atoms with Gasteiger partial charge in [0, 0.05) is 19.1 Å². The maximum atomic E-state index is 6.09. The first-order valence-electron chi connectivity index (χ1n) is 7.91. The molecule has 0 unspecified atom stereocenters. The molecule has 114 valence electrons. The Morgan fingerprint density at radius 3 is 2.81 bits per heavy atom. The molecule has 1 heterocycles. The van der Waals surface area contributed by atoms with Crippen LogP contribution in [0.25, 0.3) is 11.0 Å². The van der Waals surface area contributed by atoms with E-state index >= 15 is 0 Å². The molecule has 0 bridgehead atoms. The van der Waals surface area contributed by atoms with Crippen molar-refractivity contribution in [3.63, 3.8) is 0 Å². The smallest absolute Gasteiger partial charge is 0.124 e. The summed E-state index contributed by atoms with van der Waals surface area (Å²) in [6.45, 7) is 4.13. The zero-order valence-electron chi connectivity index (χ0n) is 13.0. The largest absolute Gasteiger partial charge is 0.326 e. The minimum atomic E-state index is 0.473. The minimum absolute atomic E-state index is 0.473. The third-order valence-corrected chi connectivity index (χ3v) is 4.97. The van der Waals surface area contributed by atoms with Crippen LogP contribution < -0.4 is 0 Å². The summed E-state index contributed by atoms with van der Waals surface area (Å²) in [5.41, 5.74) is 3.52. The van der Waals surface area contributed by atoms with E-state index in [9.17, 15) is 0 Å². The summed E-state index contributed by atoms with van der Waals surface area (Å²) in [6.07, 6.45) is 5.47. The molecule has 2 aromatic rings. The predicted molar refractivity (Wildman–Crippen MR) is 88.9 cm³/mol. The van der Waals surface area contributed by atoms with Crippen molar-refractivity contribution in [1.82, 2.24) is 14.5 Å². The Morgan fingerprint density at radius 2 is 2.10 bits per heavy atom. The van der Waals surface area contributed by atoms with Crippen molar-refractivity contribution in [3.8, 4) is 0 Å². The second kappa shape index (κ2) is 6.37. The Labute approximate surface area is 131 Å². The number of hydrogen-bond donors (Lipinski definition) is 0. The van der Waals surface area contributed by atoms with E-state index in [1.807, 2.05) is 0 Å². The number of rotatable bonds is 5. The lowest BCUT2D eigenvalue weighted by Crippen LogP contribution is -2.32. The van der Waals surface area contributed by atoms with Gasteiger partial charge in [0.2, 0.25) is 0 Å². The van der Waals surface area contributed by atoms with Crippen LogP contribution in [0.5, 0.6) is 0 Å². The molecule has 0 saturated heterocycles. The second-order valence-corrected chi connectivity index (χ2v) is 6.49. The van der Waals surface area contributed by atoms with Gasteiger partial charge in [-0.15, -0.1) is 11.6 Å². The van der Waals surface area contributed by atoms with Gasteiger partial charge in [-0.05, 0) is 44.5 Å². The topological polar surface area (TPSA) is 21.1 Å². The van der Waals surface area contributed by atoms with Crippen LogP contribution in [0.15, 0.2) is 18.2 Å². The molecule has 1 aliphatic carbocycles. The first-order valence-corrected chi connectivity index (χ1v) is 8.44. The summed E-state index contributed by atoms with van der Waals surface area (Å²) < 4.78 is 2.28. The highest BCUT2D eigenvalue weighted by molar-refractivity contribution is 6.16. The van der Waals surface area contributed by atoms with Gasteiger partial charge in [-0.2, -0.15) is 0 Å². The van der Waals surface area contributed by atoms with Crippen molar-refractivity contribution < 1.29 is 0 Å². The standard InChI is InChI=1S/C17H24ClN3/c1-13-7-8-16-15(11-13)19-17(12-18)21(16)10-9-20(2)14-5-3-4-6-14/h7-8,11,14H,3-6,9-10,12H2,1-2H3. The molecule has 0 amide bonds. The monoisotopic (exact) mass is 305 g/mol. The molecule has 1 saturated carbocycles. The molecule has 1 fully saturated rings. The maximum Gasteiger partial charge on any atom is 0.124 e. The van der Waals surface area contributed by atoms with Gasteiger partial charge in [0.15, 0.2) is 0 Å². The average molecular weight is 306 g/mol. The van der Waals surface area contributed by atoms with Crippen molar-refractivity contribution in [2.24, 2.45) is 0 Å². The van der Waals surface area contributed by atoms with E-state index in [2.05, 4.69) is 46.6 Å². The van der Waals surface area contributed by atoms with Crippen LogP contribution in [0, 0.1) is 6.92 Å². The fourth-order valence-electron chi connectivity index (χ4n) is 3.43. The summed E-state index contributed by atoms with van der Waals surface area (Å²) >= 11 is 6.09. The van der Waals surface area contributed by atoms with Crippen LogP contribution in [-0.2, 0) is 12.4 Å². The quantitative estimate of drug-likeness (QED) is 0.780. The Kier molecular flexibility index (Phi) is 4.51. The molecule has 0 N–H and O–H groups in total. The number of alkyl halides is 1. The molecule has 21 heavy (non-hydrogen) atoms. The van der Waals surface area contributed by atoms with Gasteiger partial charge in [-0.25, -0.2) is 4.98 Å². The van der Waals surface area contributed by atoms with Gasteiger partial charge < -0.3 is 9.47 Å². The summed E-state index contributed by atoms with van der Waals surface area (Å²) in [5.74, 6) is 1.46. The maximum absolute atomic E-state index is 6.09. The molecule has 1 aromatic heterocycles. The van der Waals surface area contributed by atoms with Gasteiger partial charge in [0.25, 0.3) is 0 Å². The Balaban J connectivity index is 1.78. The number of nitrogens with zero attached hydrogens (tertiary/aromatic N) is 3. The highest BCUT2D eigenvalue weighted by Gasteiger charge is 2.19. The van der Waals surface area contributed by atoms with Crippen molar-refractivity contribution in [1.29, 1.82) is 0 Å². The second-order valence-electron chi connectivity index (χ2n) is 6.22. The number of fused-ring (bicyclic) bond motifs is 1. The van der Waals surface area contributed by atoms with Crippen LogP contribution >= 0.6 is 11.6 Å². The fraction of sp³-hybridized carbons (Fsp3) is 0.588. The average Bonchev–Trinajstić information content (AvgIpc) is 3.11. The fourth-order valence-corrected chi connectivity index (χ4v) is 3.63. The van der Waals surface area contributed by atoms with Crippen LogP contribution in [-0.4, -0.2) is 34.1 Å². The molecule has 3 nitrogen and oxygen atoms in total. The van der Waals surface area contributed by atoms with Gasteiger partial charge in [-0.3, -0.25) is 0 Å². The molecular formula is C17H24ClN3. The molecule has 3 rings (SSSR count). The van der Waals surface area contributed by atoms with Gasteiger partial charge in [0.1, 0.15) is 5.82 Å². The number of hydrogen-bond acceptors (Lipinski definition) is 2. The number of benzene rings is 1. The number of imidazole rings is 1. The minimum Gasteiger partial charge on any atom is -0.326 e. The van der Waals surface area contributed by atoms with Crippen molar-refractivity contribution in [2.75, 3.05) is 13.6 Å². The van der Waals surface area contributed by atoms with Crippen molar-refractivity contribution >= 4 is 22.6 Å². The summed E-state index contributed by atoms with van der Waals surface area (Å²) in [4.78, 5) is 7.18. The summed E-state index contributed by atoms with van der Waals surface area (Å²) in [5, 5.41) is 0. The van der Waals surface area contributed by atoms with Crippen molar-refractivity contribution in [2.45, 2.75) is 51.1 Å². The van der Waals surface area contributed by atoms with Crippen molar-refractivity contribution in [3.05, 3.63) is 29.6 Å².